The number of hydrogen-bond acceptors (Lipinski definition) is 3. The van der Waals surface area contributed by atoms with Gasteiger partial charge in [0.2, 0.25) is 0 Å². The molecule has 2 heterocycles. The van der Waals surface area contributed by atoms with E-state index in [2.05, 4.69) is 6.08 Å². The van der Waals surface area contributed by atoms with Crippen LogP contribution in [0.1, 0.15) is 19.8 Å². The zero-order chi connectivity index (χ0) is 8.55. The zero-order valence-corrected chi connectivity index (χ0v) is 7.14. The predicted molar refractivity (Wildman–Crippen MR) is 43.6 cm³/mol. The Labute approximate surface area is 72.0 Å². The van der Waals surface area contributed by atoms with Gasteiger partial charge in [-0.15, -0.1) is 0 Å². The number of rotatable bonds is 3. The summed E-state index contributed by atoms with van der Waals surface area (Å²) in [5.41, 5.74) is 0. The molecule has 0 radical (unpaired) electrons. The van der Waals surface area contributed by atoms with Gasteiger partial charge in [0.25, 0.3) is 0 Å². The Morgan fingerprint density at radius 3 is 2.67 bits per heavy atom. The average Bonchev–Trinajstić information content (AvgIpc) is 2.77. The molecule has 0 aliphatic carbocycles. The van der Waals surface area contributed by atoms with Gasteiger partial charge >= 0.3 is 0 Å². The molecule has 0 aromatic heterocycles. The molecule has 0 aromatic carbocycles. The van der Waals surface area contributed by atoms with Crippen LogP contribution in [-0.4, -0.2) is 29.7 Å². The molecule has 2 rings (SSSR count). The molecule has 2 aliphatic heterocycles. The Morgan fingerprint density at radius 1 is 1.33 bits per heavy atom. The van der Waals surface area contributed by atoms with E-state index in [-0.39, 0.29) is 18.3 Å². The molecular weight excluding hydrogens is 156 g/mol. The summed E-state index contributed by atoms with van der Waals surface area (Å²) in [7, 11) is 0. The fraction of sp³-hybridized carbons (Fsp3) is 0.778. The molecule has 4 atom stereocenters. The number of aliphatic hydroxyl groups excluding tert-OH is 1. The van der Waals surface area contributed by atoms with Crippen molar-refractivity contribution >= 4 is 0 Å². The van der Waals surface area contributed by atoms with Crippen LogP contribution in [0.3, 0.4) is 0 Å². The van der Waals surface area contributed by atoms with Crippen molar-refractivity contribution in [3.63, 3.8) is 0 Å². The molecule has 0 aromatic rings. The number of ether oxygens (including phenoxy) is 2. The monoisotopic (exact) mass is 170 g/mol. The smallest absolute Gasteiger partial charge is 0.184 e. The molecule has 2 aliphatic rings. The summed E-state index contributed by atoms with van der Waals surface area (Å²) in [6.45, 7) is 2.00. The van der Waals surface area contributed by atoms with Gasteiger partial charge in [-0.1, -0.05) is 12.2 Å². The molecule has 0 saturated carbocycles. The summed E-state index contributed by atoms with van der Waals surface area (Å²) in [5, 5.41) is 9.20. The molecule has 0 amide bonds. The molecule has 0 bridgehead atoms. The fourth-order valence-electron chi connectivity index (χ4n) is 1.66. The minimum atomic E-state index is -0.675. The molecule has 1 unspecified atom stereocenters. The Bertz CT molecular complexity index is 190. The van der Waals surface area contributed by atoms with Crippen molar-refractivity contribution in [1.82, 2.24) is 0 Å². The highest BCUT2D eigenvalue weighted by Gasteiger charge is 2.57. The number of fused-ring (bicyclic) bond motifs is 1. The number of hydrogen-bond donors (Lipinski definition) is 1. The highest BCUT2D eigenvalue weighted by Crippen LogP contribution is 2.39. The molecule has 2 saturated heterocycles. The van der Waals surface area contributed by atoms with Crippen LogP contribution >= 0.6 is 0 Å². The predicted octanol–water partition coefficient (Wildman–Crippen LogP) is 0.827. The second kappa shape index (κ2) is 3.17. The zero-order valence-electron chi connectivity index (χ0n) is 7.14. The van der Waals surface area contributed by atoms with E-state index < -0.39 is 6.29 Å². The molecule has 2 fully saturated rings. The van der Waals surface area contributed by atoms with E-state index in [0.29, 0.717) is 0 Å². The topological polar surface area (TPSA) is 42.0 Å². The Morgan fingerprint density at radius 2 is 2.17 bits per heavy atom. The van der Waals surface area contributed by atoms with Crippen molar-refractivity contribution in [1.29, 1.82) is 0 Å². The summed E-state index contributed by atoms with van der Waals surface area (Å²) in [6.07, 6.45) is 5.66. The standard InChI is InChI=1S/C9H14O3/c1-2-3-4-5-6-7-8(12-7)9(10)11-6/h2-3,6-10H,4-5H2,1H3/b3-2+/t6-,7-,8-,9?/m1/s1. The lowest BCUT2D eigenvalue weighted by molar-refractivity contribution is -0.141. The fourth-order valence-corrected chi connectivity index (χ4v) is 1.66. The summed E-state index contributed by atoms with van der Waals surface area (Å²) in [4.78, 5) is 0. The third-order valence-electron chi connectivity index (χ3n) is 2.38. The van der Waals surface area contributed by atoms with E-state index in [0.717, 1.165) is 12.8 Å². The normalized spacial score (nSPS) is 45.2. The van der Waals surface area contributed by atoms with Gasteiger partial charge in [0.15, 0.2) is 6.29 Å². The van der Waals surface area contributed by atoms with Gasteiger partial charge in [-0.25, -0.2) is 0 Å². The first kappa shape index (κ1) is 8.23. The van der Waals surface area contributed by atoms with Crippen molar-refractivity contribution in [3.05, 3.63) is 12.2 Å². The Balaban J connectivity index is 1.75. The van der Waals surface area contributed by atoms with Gasteiger partial charge in [-0.2, -0.15) is 0 Å². The lowest BCUT2D eigenvalue weighted by Crippen LogP contribution is -2.18. The number of aliphatic hydroxyl groups is 1. The maximum Gasteiger partial charge on any atom is 0.184 e. The maximum atomic E-state index is 9.20. The summed E-state index contributed by atoms with van der Waals surface area (Å²) in [6, 6.07) is 0. The average molecular weight is 170 g/mol. The first-order valence-electron chi connectivity index (χ1n) is 4.43. The Kier molecular flexibility index (Phi) is 2.17. The van der Waals surface area contributed by atoms with Gasteiger partial charge < -0.3 is 14.6 Å². The molecule has 3 nitrogen and oxygen atoms in total. The largest absolute Gasteiger partial charge is 0.366 e. The number of allylic oxidation sites excluding steroid dienone is 2. The van der Waals surface area contributed by atoms with Gasteiger partial charge in [-0.3, -0.25) is 0 Å². The minimum absolute atomic E-state index is 0.0272. The molecule has 68 valence electrons. The van der Waals surface area contributed by atoms with E-state index in [1.807, 2.05) is 13.0 Å². The first-order valence-corrected chi connectivity index (χ1v) is 4.43. The second-order valence-corrected chi connectivity index (χ2v) is 3.28. The molecule has 3 heteroatoms. The highest BCUT2D eigenvalue weighted by molar-refractivity contribution is 5.00. The van der Waals surface area contributed by atoms with Gasteiger partial charge in [0.1, 0.15) is 12.2 Å². The summed E-state index contributed by atoms with van der Waals surface area (Å²) in [5.74, 6) is 0. The van der Waals surface area contributed by atoms with Crippen LogP contribution in [0.5, 0.6) is 0 Å². The first-order chi connectivity index (χ1) is 5.83. The van der Waals surface area contributed by atoms with Crippen LogP contribution in [0.25, 0.3) is 0 Å². The lowest BCUT2D eigenvalue weighted by Gasteiger charge is -2.12. The van der Waals surface area contributed by atoms with Crippen molar-refractivity contribution in [2.75, 3.05) is 0 Å². The quantitative estimate of drug-likeness (QED) is 0.504. The molecule has 1 N–H and O–H groups in total. The van der Waals surface area contributed by atoms with Crippen LogP contribution in [0.2, 0.25) is 0 Å². The summed E-state index contributed by atoms with van der Waals surface area (Å²) >= 11 is 0. The van der Waals surface area contributed by atoms with Crippen molar-refractivity contribution in [2.45, 2.75) is 44.4 Å². The third kappa shape index (κ3) is 1.40. The van der Waals surface area contributed by atoms with Crippen molar-refractivity contribution in [3.8, 4) is 0 Å². The molecule has 0 spiro atoms. The van der Waals surface area contributed by atoms with Crippen molar-refractivity contribution in [2.24, 2.45) is 0 Å². The van der Waals surface area contributed by atoms with Crippen LogP contribution in [-0.2, 0) is 9.47 Å². The van der Waals surface area contributed by atoms with Crippen molar-refractivity contribution < 1.29 is 14.6 Å². The van der Waals surface area contributed by atoms with E-state index in [9.17, 15) is 5.11 Å². The van der Waals surface area contributed by atoms with E-state index >= 15 is 0 Å². The van der Waals surface area contributed by atoms with Crippen LogP contribution in [0.15, 0.2) is 12.2 Å². The van der Waals surface area contributed by atoms with Gasteiger partial charge in [-0.05, 0) is 19.8 Å². The maximum absolute atomic E-state index is 9.20. The van der Waals surface area contributed by atoms with Crippen LogP contribution < -0.4 is 0 Å². The molecule has 12 heavy (non-hydrogen) atoms. The summed E-state index contributed by atoms with van der Waals surface area (Å²) < 4.78 is 10.5. The SMILES string of the molecule is C/C=C/CC[C@H]1OC(O)[C@@H]2O[C@H]12. The minimum Gasteiger partial charge on any atom is -0.366 e. The molecular formula is C9H14O3. The lowest BCUT2D eigenvalue weighted by atomic mass is 10.1. The highest BCUT2D eigenvalue weighted by atomic mass is 16.7. The van der Waals surface area contributed by atoms with E-state index in [4.69, 9.17) is 9.47 Å². The second-order valence-electron chi connectivity index (χ2n) is 3.28. The van der Waals surface area contributed by atoms with Gasteiger partial charge in [0.05, 0.1) is 6.10 Å². The van der Waals surface area contributed by atoms with Crippen LogP contribution in [0, 0.1) is 0 Å². The van der Waals surface area contributed by atoms with E-state index in [1.165, 1.54) is 0 Å². The number of epoxide rings is 1. The Hall–Kier alpha value is -0.380. The van der Waals surface area contributed by atoms with Crippen LogP contribution in [0.4, 0.5) is 0 Å². The van der Waals surface area contributed by atoms with Gasteiger partial charge in [0, 0.05) is 0 Å². The third-order valence-corrected chi connectivity index (χ3v) is 2.38. The van der Waals surface area contributed by atoms with E-state index in [1.54, 1.807) is 0 Å².